The van der Waals surface area contributed by atoms with Gasteiger partial charge in [-0.15, -0.1) is 0 Å². The van der Waals surface area contributed by atoms with Crippen molar-refractivity contribution in [2.75, 3.05) is 0 Å². The summed E-state index contributed by atoms with van der Waals surface area (Å²) in [6.07, 6.45) is 0. The van der Waals surface area contributed by atoms with E-state index in [9.17, 15) is 9.59 Å². The lowest BCUT2D eigenvalue weighted by molar-refractivity contribution is 0.0879. The Morgan fingerprint density at radius 3 is 2.58 bits per heavy atom. The van der Waals surface area contributed by atoms with Crippen LogP contribution in [0.1, 0.15) is 20.7 Å². The van der Waals surface area contributed by atoms with Gasteiger partial charge in [0.1, 0.15) is 0 Å². The van der Waals surface area contributed by atoms with Gasteiger partial charge < -0.3 is 0 Å². The molecule has 1 heterocycles. The second-order valence-corrected chi connectivity index (χ2v) is 3.61. The van der Waals surface area contributed by atoms with Crippen LogP contribution in [-0.2, 0) is 0 Å². The number of imide groups is 1. The molecule has 1 aliphatic heterocycles. The van der Waals surface area contributed by atoms with Crippen molar-refractivity contribution in [2.45, 2.75) is 0 Å². The first-order chi connectivity index (χ1) is 5.70. The average Bonchev–Trinajstić information content (AvgIpc) is 2.29. The van der Waals surface area contributed by atoms with Gasteiger partial charge in [-0.25, -0.2) is 0 Å². The Hall–Kier alpha value is -0.910. The molecule has 2 rings (SSSR count). The molecule has 12 heavy (non-hydrogen) atoms. The summed E-state index contributed by atoms with van der Waals surface area (Å²) in [5.74, 6) is -0.589. The number of carbonyl (C=O) groups excluding carboxylic acids is 2. The summed E-state index contributed by atoms with van der Waals surface area (Å²) in [6, 6.07) is 5.22. The van der Waals surface area contributed by atoms with E-state index in [2.05, 4.69) is 5.32 Å². The molecule has 0 unspecified atom stereocenters. The Morgan fingerprint density at radius 1 is 1.17 bits per heavy atom. The maximum atomic E-state index is 11.2. The number of hydrogen-bond donors (Lipinski definition) is 1. The zero-order valence-electron chi connectivity index (χ0n) is 5.93. The molecule has 1 N–H and O–H groups in total. The van der Waals surface area contributed by atoms with Gasteiger partial charge in [-0.1, -0.05) is 6.07 Å². The SMILES string of the molecule is O=C1NC(=O)c2c(I)cccc21. The third-order valence-electron chi connectivity index (χ3n) is 1.71. The van der Waals surface area contributed by atoms with Crippen molar-refractivity contribution in [3.63, 3.8) is 0 Å². The van der Waals surface area contributed by atoms with Crippen LogP contribution in [0.5, 0.6) is 0 Å². The van der Waals surface area contributed by atoms with Crippen LogP contribution in [0.25, 0.3) is 0 Å². The molecule has 0 atom stereocenters. The quantitative estimate of drug-likeness (QED) is 0.569. The molecular formula is C8H4INO2. The van der Waals surface area contributed by atoms with E-state index in [-0.39, 0.29) is 11.8 Å². The molecule has 0 bridgehead atoms. The predicted molar refractivity (Wildman–Crippen MR) is 51.0 cm³/mol. The van der Waals surface area contributed by atoms with Crippen molar-refractivity contribution >= 4 is 34.4 Å². The number of hydrogen-bond acceptors (Lipinski definition) is 2. The van der Waals surface area contributed by atoms with Gasteiger partial charge in [0, 0.05) is 3.57 Å². The first-order valence-corrected chi connectivity index (χ1v) is 4.42. The molecule has 0 aliphatic carbocycles. The van der Waals surface area contributed by atoms with Crippen LogP contribution in [0.3, 0.4) is 0 Å². The van der Waals surface area contributed by atoms with Gasteiger partial charge in [-0.3, -0.25) is 14.9 Å². The van der Waals surface area contributed by atoms with Crippen molar-refractivity contribution in [3.05, 3.63) is 32.9 Å². The monoisotopic (exact) mass is 273 g/mol. The Labute approximate surface area is 82.3 Å². The number of rotatable bonds is 0. The molecule has 0 radical (unpaired) electrons. The van der Waals surface area contributed by atoms with Crippen LogP contribution in [0.2, 0.25) is 0 Å². The molecule has 1 aliphatic rings. The van der Waals surface area contributed by atoms with E-state index < -0.39 is 0 Å². The van der Waals surface area contributed by atoms with Gasteiger partial charge in [-0.2, -0.15) is 0 Å². The zero-order valence-corrected chi connectivity index (χ0v) is 8.08. The highest BCUT2D eigenvalue weighted by Crippen LogP contribution is 2.20. The topological polar surface area (TPSA) is 46.2 Å². The Kier molecular flexibility index (Phi) is 1.64. The van der Waals surface area contributed by atoms with Crippen molar-refractivity contribution in [1.82, 2.24) is 5.32 Å². The molecule has 0 aromatic heterocycles. The minimum atomic E-state index is -0.298. The summed E-state index contributed by atoms with van der Waals surface area (Å²) in [6.45, 7) is 0. The number of amides is 2. The van der Waals surface area contributed by atoms with E-state index in [0.717, 1.165) is 3.57 Å². The zero-order chi connectivity index (χ0) is 8.72. The molecule has 60 valence electrons. The van der Waals surface area contributed by atoms with Crippen LogP contribution in [0.15, 0.2) is 18.2 Å². The number of carbonyl (C=O) groups is 2. The van der Waals surface area contributed by atoms with Gasteiger partial charge in [0.2, 0.25) is 0 Å². The largest absolute Gasteiger partial charge is 0.288 e. The van der Waals surface area contributed by atoms with Gasteiger partial charge in [-0.05, 0) is 34.7 Å². The normalized spacial score (nSPS) is 14.4. The van der Waals surface area contributed by atoms with Crippen LogP contribution in [0, 0.1) is 3.57 Å². The van der Waals surface area contributed by atoms with E-state index >= 15 is 0 Å². The fourth-order valence-electron chi connectivity index (χ4n) is 1.18. The second kappa shape index (κ2) is 2.55. The standard InChI is InChI=1S/C8H4INO2/c9-5-3-1-2-4-6(5)8(12)10-7(4)11/h1-3H,(H,10,11,12). The second-order valence-electron chi connectivity index (χ2n) is 2.45. The van der Waals surface area contributed by atoms with E-state index in [1.165, 1.54) is 0 Å². The van der Waals surface area contributed by atoms with Crippen LogP contribution in [0.4, 0.5) is 0 Å². The van der Waals surface area contributed by atoms with Gasteiger partial charge in [0.25, 0.3) is 11.8 Å². The summed E-state index contributed by atoms with van der Waals surface area (Å²) >= 11 is 2.04. The summed E-state index contributed by atoms with van der Waals surface area (Å²) in [5.41, 5.74) is 0.981. The van der Waals surface area contributed by atoms with E-state index in [0.29, 0.717) is 11.1 Å². The van der Waals surface area contributed by atoms with Crippen LogP contribution < -0.4 is 5.32 Å². The van der Waals surface area contributed by atoms with E-state index in [1.54, 1.807) is 18.2 Å². The maximum Gasteiger partial charge on any atom is 0.260 e. The molecule has 0 spiro atoms. The third kappa shape index (κ3) is 0.945. The molecular weight excluding hydrogens is 269 g/mol. The molecule has 4 heteroatoms. The molecule has 0 fully saturated rings. The smallest absolute Gasteiger partial charge is 0.260 e. The molecule has 2 amide bonds. The summed E-state index contributed by atoms with van der Waals surface area (Å²) in [5, 5.41) is 2.24. The third-order valence-corrected chi connectivity index (χ3v) is 2.61. The van der Waals surface area contributed by atoms with Crippen molar-refractivity contribution < 1.29 is 9.59 Å². The van der Waals surface area contributed by atoms with Crippen molar-refractivity contribution in [2.24, 2.45) is 0 Å². The first kappa shape index (κ1) is 7.72. The van der Waals surface area contributed by atoms with E-state index in [1.807, 2.05) is 22.6 Å². The fraction of sp³-hybridized carbons (Fsp3) is 0. The molecule has 1 aromatic carbocycles. The van der Waals surface area contributed by atoms with E-state index in [4.69, 9.17) is 0 Å². The highest BCUT2D eigenvalue weighted by Gasteiger charge is 2.27. The average molecular weight is 273 g/mol. The summed E-state index contributed by atoms with van der Waals surface area (Å²) < 4.78 is 0.813. The van der Waals surface area contributed by atoms with Crippen molar-refractivity contribution in [3.8, 4) is 0 Å². The predicted octanol–water partition coefficient (Wildman–Crippen LogP) is 1.17. The lowest BCUT2D eigenvalue weighted by Gasteiger charge is -1.94. The van der Waals surface area contributed by atoms with Crippen LogP contribution >= 0.6 is 22.6 Å². The number of benzene rings is 1. The summed E-state index contributed by atoms with van der Waals surface area (Å²) in [7, 11) is 0. The number of nitrogens with one attached hydrogen (secondary N) is 1. The highest BCUT2D eigenvalue weighted by molar-refractivity contribution is 14.1. The Bertz CT molecular complexity index is 387. The molecule has 1 aromatic rings. The Balaban J connectivity index is 2.75. The van der Waals surface area contributed by atoms with Crippen LogP contribution in [-0.4, -0.2) is 11.8 Å². The van der Waals surface area contributed by atoms with Gasteiger partial charge >= 0.3 is 0 Å². The molecule has 0 saturated carbocycles. The van der Waals surface area contributed by atoms with Gasteiger partial charge in [0.15, 0.2) is 0 Å². The molecule has 0 saturated heterocycles. The minimum Gasteiger partial charge on any atom is -0.288 e. The summed E-state index contributed by atoms with van der Waals surface area (Å²) in [4.78, 5) is 22.3. The highest BCUT2D eigenvalue weighted by atomic mass is 127. The van der Waals surface area contributed by atoms with Crippen molar-refractivity contribution in [1.29, 1.82) is 0 Å². The lowest BCUT2D eigenvalue weighted by Crippen LogP contribution is -2.20. The number of fused-ring (bicyclic) bond motifs is 1. The lowest BCUT2D eigenvalue weighted by atomic mass is 10.1. The molecule has 3 nitrogen and oxygen atoms in total. The first-order valence-electron chi connectivity index (χ1n) is 3.34. The van der Waals surface area contributed by atoms with Gasteiger partial charge in [0.05, 0.1) is 11.1 Å². The fourth-order valence-corrected chi connectivity index (χ4v) is 1.92. The number of halogens is 1. The maximum absolute atomic E-state index is 11.2. The minimum absolute atomic E-state index is 0.292. The Morgan fingerprint density at radius 2 is 1.92 bits per heavy atom.